The van der Waals surface area contributed by atoms with Crippen LogP contribution in [0.5, 0.6) is 0 Å². The summed E-state index contributed by atoms with van der Waals surface area (Å²) in [6.07, 6.45) is 4.92. The number of rotatable bonds is 23. The zero-order chi connectivity index (χ0) is 33.5. The van der Waals surface area contributed by atoms with Crippen molar-refractivity contribution in [1.29, 1.82) is 0 Å². The molecule has 2 aliphatic rings. The smallest absolute Gasteiger partial charge is 0.196 e. The number of ketones is 1. The second kappa shape index (κ2) is 20.5. The molecular formula is C32H61NO12. The fraction of sp³-hybridized carbons (Fsp3) is 0.969. The molecule has 2 heterocycles. The van der Waals surface area contributed by atoms with E-state index in [9.17, 15) is 45.6 Å². The first-order valence-electron chi connectivity index (χ1n) is 17.1. The van der Waals surface area contributed by atoms with Gasteiger partial charge in [-0.25, -0.2) is 0 Å². The molecule has 0 bridgehead atoms. The molecule has 0 radical (unpaired) electrons. The van der Waals surface area contributed by atoms with Gasteiger partial charge in [-0.2, -0.15) is 0 Å². The van der Waals surface area contributed by atoms with Gasteiger partial charge < -0.3 is 55.1 Å². The fourth-order valence-corrected chi connectivity index (χ4v) is 6.27. The van der Waals surface area contributed by atoms with E-state index >= 15 is 0 Å². The molecule has 0 aromatic rings. The van der Waals surface area contributed by atoms with Gasteiger partial charge in [0.2, 0.25) is 0 Å². The summed E-state index contributed by atoms with van der Waals surface area (Å²) in [6, 6.07) is 0. The zero-order valence-corrected chi connectivity index (χ0v) is 27.0. The van der Waals surface area contributed by atoms with Crippen LogP contribution in [0.1, 0.15) is 122 Å². The SMILES string of the molecule is CCCCCCCCCCCCCCCCCCCC(=O)[C@@]1(O)[C@@H](O)[C@@H](O)[C@@H](O[C@H]2[C@H](O)[C@@H](O)[C@H](O)O[C@@H]2CO)O[C@]1(N)CO. The van der Waals surface area contributed by atoms with E-state index in [4.69, 9.17) is 19.9 Å². The van der Waals surface area contributed by atoms with Crippen molar-refractivity contribution in [2.24, 2.45) is 5.73 Å². The molecule has 45 heavy (non-hydrogen) atoms. The minimum Gasteiger partial charge on any atom is -0.394 e. The molecule has 13 nitrogen and oxygen atoms in total. The Labute approximate surface area is 267 Å². The Balaban J connectivity index is 1.72. The van der Waals surface area contributed by atoms with Crippen molar-refractivity contribution >= 4 is 5.78 Å². The van der Waals surface area contributed by atoms with Gasteiger partial charge in [-0.15, -0.1) is 0 Å². The van der Waals surface area contributed by atoms with E-state index in [1.54, 1.807) is 0 Å². The van der Waals surface area contributed by atoms with Gasteiger partial charge in [-0.05, 0) is 6.42 Å². The van der Waals surface area contributed by atoms with Gasteiger partial charge in [0.1, 0.15) is 36.6 Å². The van der Waals surface area contributed by atoms with Crippen LogP contribution < -0.4 is 5.73 Å². The lowest BCUT2D eigenvalue weighted by atomic mass is 9.75. The number of unbranched alkanes of at least 4 members (excludes halogenated alkanes) is 16. The summed E-state index contributed by atoms with van der Waals surface area (Å²) in [5, 5.41) is 82.4. The van der Waals surface area contributed by atoms with Gasteiger partial charge in [0.05, 0.1) is 13.2 Å². The first kappa shape index (κ1) is 40.4. The number of hydrogen-bond acceptors (Lipinski definition) is 13. The lowest BCUT2D eigenvalue weighted by Gasteiger charge is -2.53. The van der Waals surface area contributed by atoms with Gasteiger partial charge in [0, 0.05) is 6.42 Å². The lowest BCUT2D eigenvalue weighted by Crippen LogP contribution is -2.80. The fourth-order valence-electron chi connectivity index (χ4n) is 6.27. The third-order valence-electron chi connectivity index (χ3n) is 9.30. The summed E-state index contributed by atoms with van der Waals surface area (Å²) in [7, 11) is 0. The maximum atomic E-state index is 13.1. The molecule has 2 saturated heterocycles. The van der Waals surface area contributed by atoms with Crippen molar-refractivity contribution in [2.75, 3.05) is 13.2 Å². The van der Waals surface area contributed by atoms with Crippen LogP contribution in [0.25, 0.3) is 0 Å². The third kappa shape index (κ3) is 11.1. The third-order valence-corrected chi connectivity index (χ3v) is 9.30. The first-order chi connectivity index (χ1) is 21.5. The number of aliphatic hydroxyl groups is 8. The van der Waals surface area contributed by atoms with Crippen LogP contribution in [-0.4, -0.2) is 120 Å². The largest absolute Gasteiger partial charge is 0.394 e. The molecule has 10 atom stereocenters. The Bertz CT molecular complexity index is 821. The monoisotopic (exact) mass is 651 g/mol. The summed E-state index contributed by atoms with van der Waals surface area (Å²) >= 11 is 0. The normalized spacial score (nSPS) is 35.5. The van der Waals surface area contributed by atoms with Crippen LogP contribution in [-0.2, 0) is 19.0 Å². The quantitative estimate of drug-likeness (QED) is 0.0699. The van der Waals surface area contributed by atoms with Crippen molar-refractivity contribution in [1.82, 2.24) is 0 Å². The maximum absolute atomic E-state index is 13.1. The van der Waals surface area contributed by atoms with E-state index in [-0.39, 0.29) is 6.42 Å². The van der Waals surface area contributed by atoms with Crippen LogP contribution in [0.2, 0.25) is 0 Å². The summed E-state index contributed by atoms with van der Waals surface area (Å²) in [5.41, 5.74) is 0.590. The van der Waals surface area contributed by atoms with E-state index < -0.39 is 79.5 Å². The predicted octanol–water partition coefficient (Wildman–Crippen LogP) is 0.870. The average Bonchev–Trinajstić information content (AvgIpc) is 3.03. The molecule has 0 aromatic carbocycles. The number of carbonyl (C=O) groups is 1. The highest BCUT2D eigenvalue weighted by molar-refractivity contribution is 5.89. The number of hydrogen-bond donors (Lipinski definition) is 9. The first-order valence-corrected chi connectivity index (χ1v) is 17.1. The van der Waals surface area contributed by atoms with Crippen molar-refractivity contribution in [2.45, 2.75) is 183 Å². The van der Waals surface area contributed by atoms with E-state index in [1.807, 2.05) is 0 Å². The molecule has 0 amide bonds. The van der Waals surface area contributed by atoms with Crippen LogP contribution in [0.15, 0.2) is 0 Å². The molecule has 10 N–H and O–H groups in total. The minimum atomic E-state index is -2.89. The number of Topliss-reactive ketones (excluding diaryl/α,β-unsaturated/α-hetero) is 1. The average molecular weight is 652 g/mol. The molecular weight excluding hydrogens is 590 g/mol. The van der Waals surface area contributed by atoms with Crippen LogP contribution in [0.3, 0.4) is 0 Å². The maximum Gasteiger partial charge on any atom is 0.196 e. The Hall–Kier alpha value is -0.810. The molecule has 266 valence electrons. The number of ether oxygens (including phenoxy) is 3. The second-order valence-corrected chi connectivity index (χ2v) is 12.9. The molecule has 2 rings (SSSR count). The Morgan fingerprint density at radius 2 is 1.20 bits per heavy atom. The van der Waals surface area contributed by atoms with Crippen LogP contribution in [0, 0.1) is 0 Å². The number of nitrogens with two attached hydrogens (primary N) is 1. The van der Waals surface area contributed by atoms with Crippen molar-refractivity contribution < 1.29 is 59.9 Å². The standard InChI is InChI=1S/C32H61NO12/c1-2-3-4-5-6-7-8-9-10-11-12-13-14-15-16-17-18-19-23(36)32(42)28(40)26(39)30(45-31(32,33)21-35)44-27-22(20-34)43-29(41)25(38)24(27)37/h22,24-30,34-35,37-42H,2-21,33H2,1H3/t22-,24-,25-,26-,27-,28+,29-,30+,31-,32-/m1/s1. The van der Waals surface area contributed by atoms with Crippen molar-refractivity contribution in [3.63, 3.8) is 0 Å². The molecule has 0 aromatic heterocycles. The van der Waals surface area contributed by atoms with E-state index in [1.165, 1.54) is 77.0 Å². The molecule has 0 saturated carbocycles. The van der Waals surface area contributed by atoms with Gasteiger partial charge in [-0.3, -0.25) is 10.5 Å². The minimum absolute atomic E-state index is 0.182. The highest BCUT2D eigenvalue weighted by Crippen LogP contribution is 2.38. The highest BCUT2D eigenvalue weighted by atomic mass is 16.7. The Morgan fingerprint density at radius 1 is 0.733 bits per heavy atom. The molecule has 13 heteroatoms. The number of carbonyl (C=O) groups excluding carboxylic acids is 1. The van der Waals surface area contributed by atoms with Gasteiger partial charge in [-0.1, -0.05) is 110 Å². The summed E-state index contributed by atoms with van der Waals surface area (Å²) in [5.74, 6) is -0.919. The van der Waals surface area contributed by atoms with E-state index in [0.717, 1.165) is 19.3 Å². The topological polar surface area (TPSA) is 233 Å². The second-order valence-electron chi connectivity index (χ2n) is 12.9. The van der Waals surface area contributed by atoms with Crippen molar-refractivity contribution in [3.05, 3.63) is 0 Å². The summed E-state index contributed by atoms with van der Waals surface area (Å²) in [4.78, 5) is 13.1. The van der Waals surface area contributed by atoms with Crippen LogP contribution >= 0.6 is 0 Å². The van der Waals surface area contributed by atoms with E-state index in [0.29, 0.717) is 12.8 Å². The van der Waals surface area contributed by atoms with Gasteiger partial charge in [0.15, 0.2) is 29.7 Å². The molecule has 0 spiro atoms. The highest BCUT2D eigenvalue weighted by Gasteiger charge is 2.66. The lowest BCUT2D eigenvalue weighted by molar-refractivity contribution is -0.387. The number of aliphatic hydroxyl groups excluding tert-OH is 7. The van der Waals surface area contributed by atoms with Gasteiger partial charge >= 0.3 is 0 Å². The molecule has 2 aliphatic heterocycles. The molecule has 2 fully saturated rings. The van der Waals surface area contributed by atoms with E-state index in [2.05, 4.69) is 6.92 Å². The summed E-state index contributed by atoms with van der Waals surface area (Å²) in [6.45, 7) is 0.322. The molecule has 0 aliphatic carbocycles. The van der Waals surface area contributed by atoms with Gasteiger partial charge in [0.25, 0.3) is 0 Å². The summed E-state index contributed by atoms with van der Waals surface area (Å²) < 4.78 is 15.9. The Morgan fingerprint density at radius 3 is 1.64 bits per heavy atom. The molecule has 0 unspecified atom stereocenters. The zero-order valence-electron chi connectivity index (χ0n) is 27.0. The van der Waals surface area contributed by atoms with Crippen LogP contribution in [0.4, 0.5) is 0 Å². The Kier molecular flexibility index (Phi) is 18.4. The van der Waals surface area contributed by atoms with Crippen molar-refractivity contribution in [3.8, 4) is 0 Å². The predicted molar refractivity (Wildman–Crippen MR) is 164 cm³/mol.